The molecule has 7 nitrogen and oxygen atoms in total. The van der Waals surface area contributed by atoms with Gasteiger partial charge in [0.1, 0.15) is 0 Å². The van der Waals surface area contributed by atoms with Crippen molar-refractivity contribution in [3.63, 3.8) is 0 Å². The molecule has 11 heteroatoms. The van der Waals surface area contributed by atoms with E-state index in [4.69, 9.17) is 28.3 Å². The molecule has 0 aliphatic rings. The van der Waals surface area contributed by atoms with Crippen molar-refractivity contribution in [3.05, 3.63) is 82.3 Å². The highest BCUT2D eigenvalue weighted by atomic mass is 35.5. The van der Waals surface area contributed by atoms with Crippen LogP contribution in [-0.4, -0.2) is 25.5 Å². The third-order valence-electron chi connectivity index (χ3n) is 4.66. The molecule has 4 N–H and O–H groups in total. The van der Waals surface area contributed by atoms with Crippen LogP contribution in [-0.2, 0) is 14.8 Å². The maximum absolute atomic E-state index is 12.8. The number of halogens is 2. The third kappa shape index (κ3) is 6.97. The molecule has 0 aromatic heterocycles. The predicted octanol–water partition coefficient (Wildman–Crippen LogP) is 5.40. The van der Waals surface area contributed by atoms with Gasteiger partial charge >= 0.3 is 0 Å². The van der Waals surface area contributed by atoms with E-state index in [1.807, 2.05) is 13.0 Å². The minimum atomic E-state index is -3.80. The molecule has 0 aliphatic heterocycles. The van der Waals surface area contributed by atoms with E-state index in [1.54, 1.807) is 30.3 Å². The molecule has 0 aliphatic carbocycles. The van der Waals surface area contributed by atoms with Crippen LogP contribution in [0.5, 0.6) is 0 Å². The van der Waals surface area contributed by atoms with Crippen LogP contribution in [0.15, 0.2) is 76.5 Å². The van der Waals surface area contributed by atoms with Crippen LogP contribution in [0.1, 0.15) is 23.7 Å². The van der Waals surface area contributed by atoms with Crippen molar-refractivity contribution in [1.82, 2.24) is 0 Å². The maximum atomic E-state index is 12.8. The fourth-order valence-electron chi connectivity index (χ4n) is 2.96. The maximum Gasteiger partial charge on any atom is 0.257 e. The topological polar surface area (TPSA) is 118 Å². The summed E-state index contributed by atoms with van der Waals surface area (Å²) in [6.45, 7) is 1.88. The molecule has 178 valence electrons. The second-order valence-corrected chi connectivity index (χ2v) is 10.9. The quantitative estimate of drug-likeness (QED) is 0.332. The summed E-state index contributed by atoms with van der Waals surface area (Å²) in [5, 5.41) is 10.9. The number of amides is 2. The van der Waals surface area contributed by atoms with Gasteiger partial charge < -0.3 is 10.6 Å². The zero-order valence-electron chi connectivity index (χ0n) is 17.9. The number of nitrogens with two attached hydrogens (primary N) is 1. The molecule has 0 saturated heterocycles. The first-order valence-electron chi connectivity index (χ1n) is 10.0. The SMILES string of the molecule is CCC(Sc1cccc(NC(=O)c2ccc(Cl)cc2Cl)c1)C(=O)Nc1ccc(S(N)(=O)=O)cc1. The minimum absolute atomic E-state index is 0.0364. The smallest absolute Gasteiger partial charge is 0.257 e. The highest BCUT2D eigenvalue weighted by Crippen LogP contribution is 2.29. The molecular formula is C23H21Cl2N3O4S2. The van der Waals surface area contributed by atoms with Gasteiger partial charge in [0, 0.05) is 21.3 Å². The Kier molecular flexibility index (Phi) is 8.62. The molecule has 3 aromatic rings. The zero-order chi connectivity index (χ0) is 24.9. The van der Waals surface area contributed by atoms with Gasteiger partial charge in [0.25, 0.3) is 5.91 Å². The largest absolute Gasteiger partial charge is 0.325 e. The molecule has 3 aromatic carbocycles. The summed E-state index contributed by atoms with van der Waals surface area (Å²) in [6.07, 6.45) is 0.544. The summed E-state index contributed by atoms with van der Waals surface area (Å²) in [6, 6.07) is 17.4. The van der Waals surface area contributed by atoms with Gasteiger partial charge in [-0.25, -0.2) is 13.6 Å². The third-order valence-corrected chi connectivity index (χ3v) is 7.49. The molecule has 34 heavy (non-hydrogen) atoms. The number of benzene rings is 3. The zero-order valence-corrected chi connectivity index (χ0v) is 21.1. The molecular weight excluding hydrogens is 517 g/mol. The summed E-state index contributed by atoms with van der Waals surface area (Å²) >= 11 is 13.3. The van der Waals surface area contributed by atoms with Crippen molar-refractivity contribution in [1.29, 1.82) is 0 Å². The van der Waals surface area contributed by atoms with Crippen molar-refractivity contribution in [2.75, 3.05) is 10.6 Å². The Morgan fingerprint density at radius 1 is 0.971 bits per heavy atom. The number of thioether (sulfide) groups is 1. The van der Waals surface area contributed by atoms with Crippen molar-refractivity contribution >= 4 is 68.2 Å². The molecule has 0 bridgehead atoms. The average molecular weight is 538 g/mol. The second kappa shape index (κ2) is 11.2. The molecule has 3 rings (SSSR count). The Morgan fingerprint density at radius 3 is 2.29 bits per heavy atom. The number of rotatable bonds is 8. The lowest BCUT2D eigenvalue weighted by Gasteiger charge is -2.16. The molecule has 1 unspecified atom stereocenters. The van der Waals surface area contributed by atoms with Gasteiger partial charge in [0.2, 0.25) is 15.9 Å². The van der Waals surface area contributed by atoms with E-state index in [2.05, 4.69) is 10.6 Å². The van der Waals surface area contributed by atoms with Gasteiger partial charge in [0.15, 0.2) is 0 Å². The van der Waals surface area contributed by atoms with Crippen LogP contribution in [0.25, 0.3) is 0 Å². The molecule has 0 heterocycles. The molecule has 0 radical (unpaired) electrons. The number of carbonyl (C=O) groups excluding carboxylic acids is 2. The van der Waals surface area contributed by atoms with Crippen LogP contribution in [0.4, 0.5) is 11.4 Å². The predicted molar refractivity (Wildman–Crippen MR) is 137 cm³/mol. The van der Waals surface area contributed by atoms with Gasteiger partial charge in [-0.15, -0.1) is 11.8 Å². The van der Waals surface area contributed by atoms with E-state index < -0.39 is 15.3 Å². The van der Waals surface area contributed by atoms with E-state index in [0.717, 1.165) is 4.90 Å². The highest BCUT2D eigenvalue weighted by molar-refractivity contribution is 8.00. The first kappa shape index (κ1) is 26.1. The van der Waals surface area contributed by atoms with Gasteiger partial charge in [-0.05, 0) is 67.1 Å². The standard InChI is InChI=1S/C23H21Cl2N3O4S2/c1-2-21(23(30)27-15-7-9-18(10-8-15)34(26,31)32)33-17-5-3-4-16(13-17)28-22(29)19-11-6-14(24)12-20(19)25/h3-13,21H,2H2,1H3,(H,27,30)(H,28,29)(H2,26,31,32). The summed E-state index contributed by atoms with van der Waals surface area (Å²) < 4.78 is 22.8. The van der Waals surface area contributed by atoms with Crippen molar-refractivity contribution < 1.29 is 18.0 Å². The molecule has 0 spiro atoms. The van der Waals surface area contributed by atoms with Crippen LogP contribution in [0, 0.1) is 0 Å². The second-order valence-electron chi connectivity index (χ2n) is 7.18. The number of nitrogens with one attached hydrogen (secondary N) is 2. The van der Waals surface area contributed by atoms with E-state index in [9.17, 15) is 18.0 Å². The molecule has 2 amide bonds. The lowest BCUT2D eigenvalue weighted by molar-refractivity contribution is -0.115. The highest BCUT2D eigenvalue weighted by Gasteiger charge is 2.19. The van der Waals surface area contributed by atoms with Crippen LogP contribution >= 0.6 is 35.0 Å². The molecule has 0 saturated carbocycles. The molecule has 1 atom stereocenters. The van der Waals surface area contributed by atoms with Crippen molar-refractivity contribution in [3.8, 4) is 0 Å². The van der Waals surface area contributed by atoms with E-state index >= 15 is 0 Å². The number of hydrogen-bond acceptors (Lipinski definition) is 5. The Bertz CT molecular complexity index is 1320. The van der Waals surface area contributed by atoms with Crippen LogP contribution in [0.3, 0.4) is 0 Å². The summed E-state index contributed by atoms with van der Waals surface area (Å²) in [5.41, 5.74) is 1.30. The number of anilines is 2. The summed E-state index contributed by atoms with van der Waals surface area (Å²) in [5.74, 6) is -0.616. The van der Waals surface area contributed by atoms with Crippen molar-refractivity contribution in [2.24, 2.45) is 5.14 Å². The van der Waals surface area contributed by atoms with E-state index in [-0.39, 0.29) is 21.7 Å². The van der Waals surface area contributed by atoms with E-state index in [0.29, 0.717) is 28.4 Å². The van der Waals surface area contributed by atoms with Gasteiger partial charge in [-0.2, -0.15) is 0 Å². The normalized spacial score (nSPS) is 12.1. The van der Waals surface area contributed by atoms with Crippen molar-refractivity contribution in [2.45, 2.75) is 28.4 Å². The number of sulfonamides is 1. The van der Waals surface area contributed by atoms with Gasteiger partial charge in [0.05, 0.1) is 20.7 Å². The first-order valence-corrected chi connectivity index (χ1v) is 13.2. The Morgan fingerprint density at radius 2 is 1.68 bits per heavy atom. The Labute approximate surface area is 212 Å². The first-order chi connectivity index (χ1) is 16.1. The fraction of sp³-hybridized carbons (Fsp3) is 0.130. The monoisotopic (exact) mass is 537 g/mol. The number of primary sulfonamides is 1. The lowest BCUT2D eigenvalue weighted by atomic mass is 10.2. The Balaban J connectivity index is 1.67. The van der Waals surface area contributed by atoms with Crippen LogP contribution in [0.2, 0.25) is 10.0 Å². The average Bonchev–Trinajstić information content (AvgIpc) is 2.77. The van der Waals surface area contributed by atoms with E-state index in [1.165, 1.54) is 42.1 Å². The number of hydrogen-bond donors (Lipinski definition) is 3. The Hall–Kier alpha value is -2.56. The number of carbonyl (C=O) groups is 2. The molecule has 0 fully saturated rings. The fourth-order valence-corrected chi connectivity index (χ4v) is 4.98. The summed E-state index contributed by atoms with van der Waals surface area (Å²) in [7, 11) is -3.80. The lowest BCUT2D eigenvalue weighted by Crippen LogP contribution is -2.24. The van der Waals surface area contributed by atoms with Gasteiger partial charge in [-0.3, -0.25) is 9.59 Å². The summed E-state index contributed by atoms with van der Waals surface area (Å²) in [4.78, 5) is 26.1. The minimum Gasteiger partial charge on any atom is -0.325 e. The van der Waals surface area contributed by atoms with Crippen LogP contribution < -0.4 is 15.8 Å². The van der Waals surface area contributed by atoms with Gasteiger partial charge in [-0.1, -0.05) is 36.2 Å².